The minimum atomic E-state index is -2.28. The molecule has 0 unspecified atom stereocenters. The SMILES string of the molecule is Cc1c(CNC(=O)c2ccc(COc3c(F)c(F)c(F)c(F)c3F)o2)cnn1C. The lowest BCUT2D eigenvalue weighted by Crippen LogP contribution is -2.22. The monoisotopic (exact) mass is 415 g/mol. The Balaban J connectivity index is 1.65. The normalized spacial score (nSPS) is 11.0. The number of nitrogens with zero attached hydrogens (tertiary/aromatic N) is 2. The molecule has 29 heavy (non-hydrogen) atoms. The van der Waals surface area contributed by atoms with E-state index in [1.54, 1.807) is 17.9 Å². The molecule has 0 atom stereocenters. The molecule has 0 spiro atoms. The first kappa shape index (κ1) is 20.4. The molecule has 2 heterocycles. The van der Waals surface area contributed by atoms with E-state index < -0.39 is 47.3 Å². The van der Waals surface area contributed by atoms with E-state index in [-0.39, 0.29) is 18.1 Å². The van der Waals surface area contributed by atoms with Crippen molar-refractivity contribution in [3.8, 4) is 5.75 Å². The Morgan fingerprint density at radius 3 is 2.31 bits per heavy atom. The Hall–Kier alpha value is -3.37. The van der Waals surface area contributed by atoms with E-state index in [1.807, 2.05) is 6.92 Å². The van der Waals surface area contributed by atoms with Crippen LogP contribution in [-0.4, -0.2) is 15.7 Å². The van der Waals surface area contributed by atoms with Gasteiger partial charge in [-0.05, 0) is 19.1 Å². The van der Waals surface area contributed by atoms with Crippen molar-refractivity contribution in [1.29, 1.82) is 0 Å². The summed E-state index contributed by atoms with van der Waals surface area (Å²) >= 11 is 0. The average molecular weight is 415 g/mol. The zero-order valence-electron chi connectivity index (χ0n) is 15.2. The van der Waals surface area contributed by atoms with Crippen molar-refractivity contribution in [2.45, 2.75) is 20.1 Å². The molecule has 154 valence electrons. The van der Waals surface area contributed by atoms with Crippen LogP contribution in [0.2, 0.25) is 0 Å². The van der Waals surface area contributed by atoms with Gasteiger partial charge in [0.05, 0.1) is 6.20 Å². The minimum absolute atomic E-state index is 0.0587. The third-order valence-electron chi connectivity index (χ3n) is 4.19. The summed E-state index contributed by atoms with van der Waals surface area (Å²) in [7, 11) is 1.75. The molecule has 0 bridgehead atoms. The van der Waals surface area contributed by atoms with Crippen LogP contribution in [0, 0.1) is 36.0 Å². The fourth-order valence-corrected chi connectivity index (χ4v) is 2.41. The first-order valence-corrected chi connectivity index (χ1v) is 8.19. The number of aromatic nitrogens is 2. The van der Waals surface area contributed by atoms with Crippen LogP contribution < -0.4 is 10.1 Å². The lowest BCUT2D eigenvalue weighted by Gasteiger charge is -2.09. The molecular formula is C18H14F5N3O3. The molecule has 3 rings (SSSR count). The Bertz CT molecular complexity index is 1050. The topological polar surface area (TPSA) is 69.3 Å². The molecule has 0 fully saturated rings. The number of carbonyl (C=O) groups is 1. The molecule has 3 aromatic rings. The molecule has 0 aliphatic heterocycles. The zero-order valence-corrected chi connectivity index (χ0v) is 15.2. The van der Waals surface area contributed by atoms with Gasteiger partial charge in [-0.15, -0.1) is 0 Å². The van der Waals surface area contributed by atoms with E-state index in [4.69, 9.17) is 4.42 Å². The second-order valence-electron chi connectivity index (χ2n) is 6.02. The highest BCUT2D eigenvalue weighted by Gasteiger charge is 2.27. The zero-order chi connectivity index (χ0) is 21.3. The van der Waals surface area contributed by atoms with Gasteiger partial charge in [0, 0.05) is 24.8 Å². The van der Waals surface area contributed by atoms with E-state index in [0.29, 0.717) is 0 Å². The number of benzene rings is 1. The summed E-state index contributed by atoms with van der Waals surface area (Å²) in [6, 6.07) is 2.55. The molecule has 1 aromatic carbocycles. The Labute approximate surface area is 160 Å². The third kappa shape index (κ3) is 3.93. The smallest absolute Gasteiger partial charge is 0.287 e. The van der Waals surface area contributed by atoms with Crippen LogP contribution >= 0.6 is 0 Å². The summed E-state index contributed by atoms with van der Waals surface area (Å²) in [5, 5.41) is 6.65. The van der Waals surface area contributed by atoms with Gasteiger partial charge in [-0.3, -0.25) is 9.48 Å². The maximum absolute atomic E-state index is 13.6. The van der Waals surface area contributed by atoms with Crippen LogP contribution in [-0.2, 0) is 20.2 Å². The van der Waals surface area contributed by atoms with Gasteiger partial charge in [-0.25, -0.2) is 13.2 Å². The van der Waals surface area contributed by atoms with E-state index in [9.17, 15) is 26.7 Å². The highest BCUT2D eigenvalue weighted by Crippen LogP contribution is 2.29. The summed E-state index contributed by atoms with van der Waals surface area (Å²) in [5.74, 6) is -12.9. The molecular weight excluding hydrogens is 401 g/mol. The number of hydrogen-bond donors (Lipinski definition) is 1. The first-order chi connectivity index (χ1) is 13.7. The number of furan rings is 1. The van der Waals surface area contributed by atoms with Gasteiger partial charge < -0.3 is 14.5 Å². The quantitative estimate of drug-likeness (QED) is 0.380. The van der Waals surface area contributed by atoms with Crippen molar-refractivity contribution in [3.05, 3.63) is 70.2 Å². The molecule has 6 nitrogen and oxygen atoms in total. The van der Waals surface area contributed by atoms with Crippen molar-refractivity contribution >= 4 is 5.91 Å². The molecule has 0 radical (unpaired) electrons. The highest BCUT2D eigenvalue weighted by molar-refractivity contribution is 5.91. The van der Waals surface area contributed by atoms with Crippen molar-refractivity contribution < 1.29 is 35.9 Å². The van der Waals surface area contributed by atoms with E-state index in [2.05, 4.69) is 15.2 Å². The fraction of sp³-hybridized carbons (Fsp3) is 0.222. The van der Waals surface area contributed by atoms with Crippen LogP contribution in [0.5, 0.6) is 5.75 Å². The number of carbonyl (C=O) groups excluding carboxylic acids is 1. The van der Waals surface area contributed by atoms with Gasteiger partial charge in [-0.1, -0.05) is 0 Å². The molecule has 2 aromatic heterocycles. The first-order valence-electron chi connectivity index (χ1n) is 8.19. The van der Waals surface area contributed by atoms with Crippen LogP contribution in [0.3, 0.4) is 0 Å². The predicted molar refractivity (Wildman–Crippen MR) is 88.4 cm³/mol. The average Bonchev–Trinajstić information content (AvgIpc) is 3.30. The largest absolute Gasteiger partial charge is 0.479 e. The predicted octanol–water partition coefficient (Wildman–Crippen LogP) is 3.53. The van der Waals surface area contributed by atoms with Gasteiger partial charge in [0.15, 0.2) is 11.5 Å². The van der Waals surface area contributed by atoms with Crippen LogP contribution in [0.25, 0.3) is 0 Å². The van der Waals surface area contributed by atoms with E-state index in [1.165, 1.54) is 12.1 Å². The van der Waals surface area contributed by atoms with Crippen LogP contribution in [0.4, 0.5) is 22.0 Å². The van der Waals surface area contributed by atoms with Gasteiger partial charge in [-0.2, -0.15) is 13.9 Å². The van der Waals surface area contributed by atoms with Crippen LogP contribution in [0.15, 0.2) is 22.7 Å². The maximum Gasteiger partial charge on any atom is 0.287 e. The van der Waals surface area contributed by atoms with E-state index in [0.717, 1.165) is 11.3 Å². The fourth-order valence-electron chi connectivity index (χ4n) is 2.41. The van der Waals surface area contributed by atoms with Crippen molar-refractivity contribution in [2.24, 2.45) is 7.05 Å². The molecule has 0 aliphatic rings. The molecule has 1 N–H and O–H groups in total. The minimum Gasteiger partial charge on any atom is -0.479 e. The molecule has 11 heteroatoms. The summed E-state index contributed by atoms with van der Waals surface area (Å²) in [5.41, 5.74) is 1.66. The van der Waals surface area contributed by atoms with Gasteiger partial charge >= 0.3 is 0 Å². The summed E-state index contributed by atoms with van der Waals surface area (Å²) < 4.78 is 78.0. The maximum atomic E-state index is 13.6. The summed E-state index contributed by atoms with van der Waals surface area (Å²) in [4.78, 5) is 12.1. The van der Waals surface area contributed by atoms with Crippen molar-refractivity contribution in [2.75, 3.05) is 0 Å². The third-order valence-corrected chi connectivity index (χ3v) is 4.19. The van der Waals surface area contributed by atoms with Crippen LogP contribution in [0.1, 0.15) is 27.6 Å². The number of rotatable bonds is 6. The lowest BCUT2D eigenvalue weighted by molar-refractivity contribution is 0.0918. The van der Waals surface area contributed by atoms with Crippen molar-refractivity contribution in [1.82, 2.24) is 15.1 Å². The van der Waals surface area contributed by atoms with Gasteiger partial charge in [0.25, 0.3) is 5.91 Å². The standard InChI is InChI=1S/C18H14F5N3O3/c1-8-9(6-25-26(8)2)5-24-18(27)11-4-3-10(29-11)7-28-17-15(22)13(20)12(19)14(21)16(17)23/h3-4,6H,5,7H2,1-2H3,(H,24,27). The van der Waals surface area contributed by atoms with Gasteiger partial charge in [0.2, 0.25) is 29.1 Å². The number of hydrogen-bond acceptors (Lipinski definition) is 4. The summed E-state index contributed by atoms with van der Waals surface area (Å²) in [6.07, 6.45) is 1.60. The molecule has 1 amide bonds. The number of nitrogens with one attached hydrogen (secondary N) is 1. The number of ether oxygens (including phenoxy) is 1. The van der Waals surface area contributed by atoms with Crippen molar-refractivity contribution in [3.63, 3.8) is 0 Å². The number of aryl methyl sites for hydroxylation is 1. The van der Waals surface area contributed by atoms with Gasteiger partial charge in [0.1, 0.15) is 12.4 Å². The highest BCUT2D eigenvalue weighted by atomic mass is 19.2. The molecule has 0 saturated heterocycles. The second kappa shape index (κ2) is 7.94. The molecule has 0 aliphatic carbocycles. The Morgan fingerprint density at radius 2 is 1.72 bits per heavy atom. The Morgan fingerprint density at radius 1 is 1.10 bits per heavy atom. The lowest BCUT2D eigenvalue weighted by atomic mass is 10.2. The second-order valence-corrected chi connectivity index (χ2v) is 6.02. The Kier molecular flexibility index (Phi) is 5.57. The number of amides is 1. The summed E-state index contributed by atoms with van der Waals surface area (Å²) in [6.45, 7) is 1.36. The molecule has 0 saturated carbocycles. The number of halogens is 5. The van der Waals surface area contributed by atoms with E-state index >= 15 is 0 Å².